The van der Waals surface area contributed by atoms with Crippen molar-refractivity contribution < 1.29 is 4.79 Å². The number of carbonyl (C=O) groups excluding carboxylic acids is 1. The maximum Gasteiger partial charge on any atom is 0.168 e. The Morgan fingerprint density at radius 2 is 2.50 bits per heavy atom. The highest BCUT2D eigenvalue weighted by Crippen LogP contribution is 2.00. The molecule has 0 saturated carbocycles. The summed E-state index contributed by atoms with van der Waals surface area (Å²) in [5.41, 5.74) is 0.571. The van der Waals surface area contributed by atoms with Crippen molar-refractivity contribution in [2.45, 2.75) is 13.5 Å². The standard InChI is InChI=1S/C8H9NO/c1-3-9-5-4-8(6-9)7(2)10/h2,4-6H,3H2,1H3. The predicted octanol–water partition coefficient (Wildman–Crippen LogP) is 1.40. The summed E-state index contributed by atoms with van der Waals surface area (Å²) in [4.78, 5) is 10.5. The Morgan fingerprint density at radius 1 is 1.80 bits per heavy atom. The van der Waals surface area contributed by atoms with Crippen molar-refractivity contribution in [1.82, 2.24) is 4.57 Å². The number of rotatable bonds is 2. The van der Waals surface area contributed by atoms with Gasteiger partial charge in [0.1, 0.15) is 0 Å². The van der Waals surface area contributed by atoms with Gasteiger partial charge in [0.05, 0.1) is 0 Å². The number of aromatic nitrogens is 1. The van der Waals surface area contributed by atoms with Gasteiger partial charge in [0.15, 0.2) is 5.78 Å². The van der Waals surface area contributed by atoms with Crippen LogP contribution < -0.4 is 0 Å². The molecule has 52 valence electrons. The maximum absolute atomic E-state index is 10.5. The number of aryl methyl sites for hydroxylation is 1. The van der Waals surface area contributed by atoms with Gasteiger partial charge in [0.2, 0.25) is 0 Å². The van der Waals surface area contributed by atoms with Gasteiger partial charge in [-0.2, -0.15) is 0 Å². The second-order valence-corrected chi connectivity index (χ2v) is 2.09. The van der Waals surface area contributed by atoms with Crippen molar-refractivity contribution in [3.05, 3.63) is 30.9 Å². The van der Waals surface area contributed by atoms with Gasteiger partial charge in [0, 0.05) is 31.4 Å². The second-order valence-electron chi connectivity index (χ2n) is 2.09. The van der Waals surface area contributed by atoms with Crippen molar-refractivity contribution in [2.75, 3.05) is 0 Å². The highest BCUT2D eigenvalue weighted by atomic mass is 16.1. The fourth-order valence-corrected chi connectivity index (χ4v) is 0.783. The minimum absolute atomic E-state index is 0.368. The molecule has 0 saturated heterocycles. The van der Waals surface area contributed by atoms with E-state index in [0.717, 1.165) is 6.54 Å². The van der Waals surface area contributed by atoms with Crippen LogP contribution >= 0.6 is 0 Å². The number of Topliss-reactive ketones (excluding diaryl/α,β-unsaturated/α-hetero) is 1. The normalized spacial score (nSPS) is 9.80. The summed E-state index contributed by atoms with van der Waals surface area (Å²) >= 11 is 0. The smallest absolute Gasteiger partial charge is 0.168 e. The number of ketones is 1. The molecule has 0 amide bonds. The Labute approximate surface area is 60.5 Å². The molecule has 0 aromatic carbocycles. The van der Waals surface area contributed by atoms with Gasteiger partial charge in [-0.1, -0.05) is 0 Å². The third kappa shape index (κ3) is 1.26. The van der Waals surface area contributed by atoms with E-state index in [4.69, 9.17) is 6.92 Å². The Morgan fingerprint density at radius 3 is 2.80 bits per heavy atom. The van der Waals surface area contributed by atoms with Crippen molar-refractivity contribution >= 4 is 5.78 Å². The lowest BCUT2D eigenvalue weighted by Crippen LogP contribution is -1.91. The average Bonchev–Trinajstić information content (AvgIpc) is 2.34. The van der Waals surface area contributed by atoms with Crippen LogP contribution in [-0.2, 0) is 6.54 Å². The van der Waals surface area contributed by atoms with Crippen LogP contribution in [0.3, 0.4) is 0 Å². The second kappa shape index (κ2) is 2.69. The molecular weight excluding hydrogens is 126 g/mol. The monoisotopic (exact) mass is 135 g/mol. The van der Waals surface area contributed by atoms with Gasteiger partial charge in [0.25, 0.3) is 0 Å². The van der Waals surface area contributed by atoms with Crippen LogP contribution in [0.25, 0.3) is 0 Å². The number of hydrogen-bond acceptors (Lipinski definition) is 1. The van der Waals surface area contributed by atoms with Crippen LogP contribution in [0.4, 0.5) is 0 Å². The van der Waals surface area contributed by atoms with Crippen LogP contribution in [0.5, 0.6) is 0 Å². The predicted molar refractivity (Wildman–Crippen MR) is 38.7 cm³/mol. The van der Waals surface area contributed by atoms with Gasteiger partial charge in [-0.05, 0) is 13.0 Å². The molecule has 2 nitrogen and oxygen atoms in total. The summed E-state index contributed by atoms with van der Waals surface area (Å²) in [6.07, 6.45) is 3.57. The lowest BCUT2D eigenvalue weighted by molar-refractivity contribution is 0.104. The first-order chi connectivity index (χ1) is 4.74. The third-order valence-electron chi connectivity index (χ3n) is 1.40. The van der Waals surface area contributed by atoms with Crippen molar-refractivity contribution in [1.29, 1.82) is 0 Å². The fraction of sp³-hybridized carbons (Fsp3) is 0.250. The minimum atomic E-state index is -0.368. The summed E-state index contributed by atoms with van der Waals surface area (Å²) < 4.78 is 1.90. The van der Waals surface area contributed by atoms with Crippen molar-refractivity contribution in [3.8, 4) is 0 Å². The highest BCUT2D eigenvalue weighted by molar-refractivity contribution is 5.99. The van der Waals surface area contributed by atoms with Gasteiger partial charge in [-0.15, -0.1) is 0 Å². The Hall–Kier alpha value is -1.05. The molecule has 2 heteroatoms. The molecule has 1 aromatic rings. The van der Waals surface area contributed by atoms with E-state index in [1.54, 1.807) is 12.3 Å². The highest BCUT2D eigenvalue weighted by Gasteiger charge is 1.99. The molecule has 0 bridgehead atoms. The van der Waals surface area contributed by atoms with Crippen molar-refractivity contribution in [3.63, 3.8) is 0 Å². The number of carbonyl (C=O) groups is 1. The molecule has 1 heterocycles. The van der Waals surface area contributed by atoms with Crippen LogP contribution in [-0.4, -0.2) is 10.4 Å². The minimum Gasteiger partial charge on any atom is -0.354 e. The zero-order valence-corrected chi connectivity index (χ0v) is 5.87. The zero-order valence-electron chi connectivity index (χ0n) is 5.87. The van der Waals surface area contributed by atoms with E-state index in [1.807, 2.05) is 17.7 Å². The quantitative estimate of drug-likeness (QED) is 0.562. The molecule has 0 aliphatic heterocycles. The topological polar surface area (TPSA) is 22.0 Å². The van der Waals surface area contributed by atoms with Gasteiger partial charge >= 0.3 is 0 Å². The Kier molecular flexibility index (Phi) is 1.90. The summed E-state index contributed by atoms with van der Waals surface area (Å²) in [6, 6.07) is 1.71. The molecule has 1 aromatic heterocycles. The first-order valence-corrected chi connectivity index (χ1v) is 3.19. The van der Waals surface area contributed by atoms with E-state index in [1.165, 1.54) is 0 Å². The van der Waals surface area contributed by atoms with E-state index in [0.29, 0.717) is 5.56 Å². The molecule has 0 atom stereocenters. The summed E-state index contributed by atoms with van der Waals surface area (Å²) in [5.74, 6) is -0.368. The molecule has 10 heavy (non-hydrogen) atoms. The van der Waals surface area contributed by atoms with Crippen LogP contribution in [0.15, 0.2) is 18.5 Å². The van der Waals surface area contributed by atoms with Crippen LogP contribution in [0.1, 0.15) is 17.3 Å². The van der Waals surface area contributed by atoms with E-state index < -0.39 is 0 Å². The average molecular weight is 135 g/mol. The Balaban J connectivity index is 2.88. The molecule has 1 rings (SSSR count). The van der Waals surface area contributed by atoms with Gasteiger partial charge < -0.3 is 4.57 Å². The molecular formula is C8H9NO. The van der Waals surface area contributed by atoms with Crippen LogP contribution in [0, 0.1) is 6.92 Å². The zero-order chi connectivity index (χ0) is 7.56. The third-order valence-corrected chi connectivity index (χ3v) is 1.40. The van der Waals surface area contributed by atoms with Gasteiger partial charge in [-0.3, -0.25) is 4.79 Å². The maximum atomic E-state index is 10.5. The molecule has 0 fully saturated rings. The van der Waals surface area contributed by atoms with Gasteiger partial charge in [-0.25, -0.2) is 0 Å². The van der Waals surface area contributed by atoms with Crippen molar-refractivity contribution in [2.24, 2.45) is 0 Å². The van der Waals surface area contributed by atoms with Crippen LogP contribution in [0.2, 0.25) is 0 Å². The SMILES string of the molecule is [CH]C(=O)c1ccn(CC)c1. The first kappa shape index (κ1) is 7.06. The van der Waals surface area contributed by atoms with E-state index in [-0.39, 0.29) is 5.78 Å². The number of nitrogens with zero attached hydrogens (tertiary/aromatic N) is 1. The molecule has 0 spiro atoms. The summed E-state index contributed by atoms with van der Waals surface area (Å²) in [5, 5.41) is 0. The summed E-state index contributed by atoms with van der Waals surface area (Å²) in [6.45, 7) is 7.90. The van der Waals surface area contributed by atoms with E-state index in [2.05, 4.69) is 0 Å². The largest absolute Gasteiger partial charge is 0.354 e. The fourth-order valence-electron chi connectivity index (χ4n) is 0.783. The lowest BCUT2D eigenvalue weighted by Gasteiger charge is -1.91. The summed E-state index contributed by atoms with van der Waals surface area (Å²) in [7, 11) is 0. The number of hydrogen-bond donors (Lipinski definition) is 0. The first-order valence-electron chi connectivity index (χ1n) is 3.19. The molecule has 0 N–H and O–H groups in total. The van der Waals surface area contributed by atoms with E-state index in [9.17, 15) is 4.79 Å². The molecule has 0 aliphatic carbocycles. The molecule has 2 radical (unpaired) electrons. The molecule has 0 aliphatic rings. The molecule has 0 unspecified atom stereocenters. The lowest BCUT2D eigenvalue weighted by atomic mass is 10.2. The Bertz CT molecular complexity index is 237. The van der Waals surface area contributed by atoms with E-state index >= 15 is 0 Å².